The Labute approximate surface area is 193 Å². The van der Waals surface area contributed by atoms with Gasteiger partial charge in [-0.1, -0.05) is 48.5 Å². The van der Waals surface area contributed by atoms with Crippen molar-refractivity contribution >= 4 is 18.0 Å². The number of ether oxygens (including phenoxy) is 1. The number of hydrogen-bond acceptors (Lipinski definition) is 4. The third kappa shape index (κ3) is 5.72. The number of rotatable bonds is 10. The maximum Gasteiger partial charge on any atom is 0.407 e. The average molecular weight is 451 g/mol. The Morgan fingerprint density at radius 2 is 1.61 bits per heavy atom. The first-order valence-electron chi connectivity index (χ1n) is 11.5. The molecule has 0 aliphatic heterocycles. The molecule has 2 amide bonds. The Balaban J connectivity index is 1.28. The van der Waals surface area contributed by atoms with Gasteiger partial charge in [-0.25, -0.2) is 4.79 Å². The number of alkyl carbamates (subject to hydrolysis) is 1. The highest BCUT2D eigenvalue weighted by Gasteiger charge is 2.33. The zero-order chi connectivity index (χ0) is 23.4. The summed E-state index contributed by atoms with van der Waals surface area (Å²) in [4.78, 5) is 35.6. The second-order valence-electron chi connectivity index (χ2n) is 9.07. The number of carboxylic acids is 1. The fourth-order valence-corrected chi connectivity index (χ4v) is 4.72. The highest BCUT2D eigenvalue weighted by molar-refractivity contribution is 5.79. The van der Waals surface area contributed by atoms with Gasteiger partial charge in [-0.3, -0.25) is 9.59 Å². The SMILES string of the molecule is C[C@H](CC(=O)O)NC(=O)CC(CNC(=O)OCC1c2ccccc2-c2ccccc21)C1CC1. The van der Waals surface area contributed by atoms with Crippen molar-refractivity contribution < 1.29 is 24.2 Å². The van der Waals surface area contributed by atoms with Gasteiger partial charge in [-0.05, 0) is 53.9 Å². The number of fused-ring (bicyclic) bond motifs is 3. The number of aliphatic carboxylic acids is 1. The van der Waals surface area contributed by atoms with Crippen molar-refractivity contribution in [2.75, 3.05) is 13.2 Å². The molecule has 0 radical (unpaired) electrons. The Hall–Kier alpha value is -3.35. The third-order valence-electron chi connectivity index (χ3n) is 6.48. The molecule has 7 nitrogen and oxygen atoms in total. The Bertz CT molecular complexity index is 987. The smallest absolute Gasteiger partial charge is 0.407 e. The Morgan fingerprint density at radius 3 is 2.18 bits per heavy atom. The van der Waals surface area contributed by atoms with Crippen LogP contribution in [-0.2, 0) is 14.3 Å². The molecule has 1 saturated carbocycles. The highest BCUT2D eigenvalue weighted by Crippen LogP contribution is 2.44. The molecule has 1 unspecified atom stereocenters. The standard InChI is InChI=1S/C26H30N2O5/c1-16(12-25(30)31)28-24(29)13-18(17-10-11-17)14-27-26(32)33-15-23-21-8-4-2-6-19(21)20-7-3-5-9-22(20)23/h2-9,16-18,23H,10-15H2,1H3,(H,27,32)(H,28,29)(H,30,31)/t16-,18?/m1/s1. The van der Waals surface area contributed by atoms with Crippen LogP contribution in [0.1, 0.15) is 49.7 Å². The number of carboxylic acid groups (broad SMARTS) is 1. The van der Waals surface area contributed by atoms with E-state index in [1.54, 1.807) is 6.92 Å². The summed E-state index contributed by atoms with van der Waals surface area (Å²) in [6.07, 6.45) is 1.74. The normalized spacial score (nSPS) is 16.3. The Morgan fingerprint density at radius 1 is 1.00 bits per heavy atom. The lowest BCUT2D eigenvalue weighted by molar-refractivity contribution is -0.137. The molecule has 0 heterocycles. The summed E-state index contributed by atoms with van der Waals surface area (Å²) in [5.41, 5.74) is 4.68. The molecule has 2 aliphatic carbocycles. The van der Waals surface area contributed by atoms with Gasteiger partial charge in [0.2, 0.25) is 5.91 Å². The van der Waals surface area contributed by atoms with E-state index in [2.05, 4.69) is 34.9 Å². The molecule has 2 aromatic rings. The molecule has 4 rings (SSSR count). The van der Waals surface area contributed by atoms with Gasteiger partial charge >= 0.3 is 12.1 Å². The first kappa shape index (κ1) is 22.8. The van der Waals surface area contributed by atoms with E-state index in [0.29, 0.717) is 12.5 Å². The predicted molar refractivity (Wildman–Crippen MR) is 124 cm³/mol. The second-order valence-corrected chi connectivity index (χ2v) is 9.07. The van der Waals surface area contributed by atoms with Gasteiger partial charge < -0.3 is 20.5 Å². The van der Waals surface area contributed by atoms with E-state index >= 15 is 0 Å². The van der Waals surface area contributed by atoms with Crippen LogP contribution in [0.4, 0.5) is 4.79 Å². The number of carbonyl (C=O) groups excluding carboxylic acids is 2. The van der Waals surface area contributed by atoms with Crippen molar-refractivity contribution in [3.05, 3.63) is 59.7 Å². The van der Waals surface area contributed by atoms with E-state index in [-0.39, 0.29) is 37.2 Å². The van der Waals surface area contributed by atoms with Gasteiger partial charge in [-0.15, -0.1) is 0 Å². The van der Waals surface area contributed by atoms with Gasteiger partial charge in [0.05, 0.1) is 6.42 Å². The summed E-state index contributed by atoms with van der Waals surface area (Å²) >= 11 is 0. The fourth-order valence-electron chi connectivity index (χ4n) is 4.72. The van der Waals surface area contributed by atoms with Crippen LogP contribution in [0.3, 0.4) is 0 Å². The number of carbonyl (C=O) groups is 3. The van der Waals surface area contributed by atoms with E-state index in [0.717, 1.165) is 24.0 Å². The van der Waals surface area contributed by atoms with Crippen molar-refractivity contribution in [1.82, 2.24) is 10.6 Å². The Kier molecular flexibility index (Phi) is 6.96. The van der Waals surface area contributed by atoms with Crippen LogP contribution in [0.25, 0.3) is 11.1 Å². The third-order valence-corrected chi connectivity index (χ3v) is 6.48. The monoisotopic (exact) mass is 450 g/mol. The second kappa shape index (κ2) is 10.1. The van der Waals surface area contributed by atoms with Crippen molar-refractivity contribution in [2.45, 2.75) is 44.6 Å². The van der Waals surface area contributed by atoms with E-state index in [1.807, 2.05) is 24.3 Å². The molecule has 33 heavy (non-hydrogen) atoms. The lowest BCUT2D eigenvalue weighted by Gasteiger charge is -2.19. The van der Waals surface area contributed by atoms with Crippen LogP contribution < -0.4 is 10.6 Å². The molecule has 0 saturated heterocycles. The van der Waals surface area contributed by atoms with E-state index in [9.17, 15) is 14.4 Å². The van der Waals surface area contributed by atoms with Crippen molar-refractivity contribution in [3.63, 3.8) is 0 Å². The number of benzene rings is 2. The van der Waals surface area contributed by atoms with Crippen LogP contribution in [0.2, 0.25) is 0 Å². The van der Waals surface area contributed by atoms with Gasteiger partial charge in [-0.2, -0.15) is 0 Å². The molecule has 174 valence electrons. The number of nitrogens with one attached hydrogen (secondary N) is 2. The summed E-state index contributed by atoms with van der Waals surface area (Å²) in [7, 11) is 0. The molecule has 0 bridgehead atoms. The van der Waals surface area contributed by atoms with Crippen LogP contribution in [0.5, 0.6) is 0 Å². The van der Waals surface area contributed by atoms with E-state index < -0.39 is 18.1 Å². The number of amides is 2. The minimum Gasteiger partial charge on any atom is -0.481 e. The van der Waals surface area contributed by atoms with Crippen LogP contribution in [-0.4, -0.2) is 42.3 Å². The lowest BCUT2D eigenvalue weighted by atomic mass is 9.98. The zero-order valence-electron chi connectivity index (χ0n) is 18.8. The van der Waals surface area contributed by atoms with Gasteiger partial charge in [0.1, 0.15) is 6.61 Å². The van der Waals surface area contributed by atoms with E-state index in [1.165, 1.54) is 11.1 Å². The van der Waals surface area contributed by atoms with Crippen LogP contribution in [0.15, 0.2) is 48.5 Å². The molecule has 1 fully saturated rings. The summed E-state index contributed by atoms with van der Waals surface area (Å²) in [5, 5.41) is 14.4. The van der Waals surface area contributed by atoms with Crippen molar-refractivity contribution in [2.24, 2.45) is 11.8 Å². The molecule has 7 heteroatoms. The molecule has 0 spiro atoms. The predicted octanol–water partition coefficient (Wildman–Crippen LogP) is 3.92. The maximum atomic E-state index is 12.5. The van der Waals surface area contributed by atoms with E-state index in [4.69, 9.17) is 9.84 Å². The van der Waals surface area contributed by atoms with Gasteiger partial charge in [0.25, 0.3) is 0 Å². The molecule has 2 atom stereocenters. The molecular weight excluding hydrogens is 420 g/mol. The minimum atomic E-state index is -0.946. The summed E-state index contributed by atoms with van der Waals surface area (Å²) in [6.45, 7) is 2.29. The first-order valence-corrected chi connectivity index (χ1v) is 11.5. The molecule has 0 aromatic heterocycles. The summed E-state index contributed by atoms with van der Waals surface area (Å²) < 4.78 is 5.59. The number of hydrogen-bond donors (Lipinski definition) is 3. The lowest BCUT2D eigenvalue weighted by Crippen LogP contribution is -2.38. The highest BCUT2D eigenvalue weighted by atomic mass is 16.5. The summed E-state index contributed by atoms with van der Waals surface area (Å²) in [5.74, 6) is -0.709. The van der Waals surface area contributed by atoms with Crippen molar-refractivity contribution in [3.8, 4) is 11.1 Å². The zero-order valence-corrected chi connectivity index (χ0v) is 18.8. The quantitative estimate of drug-likeness (QED) is 0.509. The largest absolute Gasteiger partial charge is 0.481 e. The summed E-state index contributed by atoms with van der Waals surface area (Å²) in [6, 6.07) is 16.0. The maximum absolute atomic E-state index is 12.5. The molecular formula is C26H30N2O5. The molecule has 3 N–H and O–H groups in total. The van der Waals surface area contributed by atoms with Crippen LogP contribution >= 0.6 is 0 Å². The van der Waals surface area contributed by atoms with Crippen LogP contribution in [0, 0.1) is 11.8 Å². The fraction of sp³-hybridized carbons (Fsp3) is 0.423. The van der Waals surface area contributed by atoms with Gasteiger partial charge in [0.15, 0.2) is 0 Å². The molecule has 2 aromatic carbocycles. The first-order chi connectivity index (χ1) is 15.9. The topological polar surface area (TPSA) is 105 Å². The van der Waals surface area contributed by atoms with Crippen molar-refractivity contribution in [1.29, 1.82) is 0 Å². The van der Waals surface area contributed by atoms with Gasteiger partial charge in [0, 0.05) is 24.9 Å². The molecule has 2 aliphatic rings. The minimum absolute atomic E-state index is 0.00359. The average Bonchev–Trinajstić information content (AvgIpc) is 3.57.